The highest BCUT2D eigenvalue weighted by Crippen LogP contribution is 2.10. The molecule has 0 bridgehead atoms. The van der Waals surface area contributed by atoms with Gasteiger partial charge in [0.15, 0.2) is 0 Å². The third kappa shape index (κ3) is 18.2. The molecule has 0 heterocycles. The SMILES string of the molecule is CCCCCCCCCC/C=C/C(O)=C/C=C\CC=CC(=O)O. The molecule has 0 aliphatic heterocycles. The standard InChI is InChI=1S/C20H32O3/c1-2-3-4-5-6-7-8-9-10-13-16-19(21)17-14-11-12-15-18-20(22)23/h11,13-18,21H,2-10,12H2,1H3,(H,22,23)/b14-11-,16-13+,18-15?,19-17-. The van der Waals surface area contributed by atoms with Gasteiger partial charge in [-0.2, -0.15) is 0 Å². The molecule has 0 fully saturated rings. The number of carbonyl (C=O) groups is 1. The van der Waals surface area contributed by atoms with E-state index in [2.05, 4.69) is 6.92 Å². The van der Waals surface area contributed by atoms with Crippen LogP contribution in [0.3, 0.4) is 0 Å². The van der Waals surface area contributed by atoms with Crippen LogP contribution in [0.5, 0.6) is 0 Å². The molecule has 3 heteroatoms. The van der Waals surface area contributed by atoms with Crippen LogP contribution in [0.25, 0.3) is 0 Å². The molecule has 0 radical (unpaired) electrons. The summed E-state index contributed by atoms with van der Waals surface area (Å²) in [7, 11) is 0. The van der Waals surface area contributed by atoms with Gasteiger partial charge in [-0.25, -0.2) is 4.79 Å². The summed E-state index contributed by atoms with van der Waals surface area (Å²) in [6.07, 6.45) is 23.5. The Labute approximate surface area is 141 Å². The minimum atomic E-state index is -0.944. The van der Waals surface area contributed by atoms with Gasteiger partial charge in [0.1, 0.15) is 5.76 Å². The van der Waals surface area contributed by atoms with Crippen molar-refractivity contribution in [2.45, 2.75) is 71.1 Å². The summed E-state index contributed by atoms with van der Waals surface area (Å²) in [5.74, 6) is -0.719. The zero-order valence-corrected chi connectivity index (χ0v) is 14.4. The van der Waals surface area contributed by atoms with Crippen molar-refractivity contribution < 1.29 is 15.0 Å². The molecule has 0 saturated heterocycles. The molecule has 0 aliphatic rings. The Hall–Kier alpha value is -1.77. The summed E-state index contributed by atoms with van der Waals surface area (Å²) >= 11 is 0. The van der Waals surface area contributed by atoms with E-state index in [1.165, 1.54) is 51.4 Å². The largest absolute Gasteiger partial charge is 0.508 e. The number of carboxylic acid groups (broad SMARTS) is 1. The third-order valence-corrected chi connectivity index (χ3v) is 3.45. The predicted molar refractivity (Wildman–Crippen MR) is 97.6 cm³/mol. The molecule has 0 aromatic carbocycles. The lowest BCUT2D eigenvalue weighted by Gasteiger charge is -1.99. The number of hydrogen-bond donors (Lipinski definition) is 2. The summed E-state index contributed by atoms with van der Waals surface area (Å²) < 4.78 is 0. The van der Waals surface area contributed by atoms with E-state index in [9.17, 15) is 9.90 Å². The van der Waals surface area contributed by atoms with Crippen LogP contribution >= 0.6 is 0 Å². The van der Waals surface area contributed by atoms with E-state index in [0.717, 1.165) is 12.5 Å². The van der Waals surface area contributed by atoms with Gasteiger partial charge in [0.05, 0.1) is 0 Å². The Morgan fingerprint density at radius 1 is 0.826 bits per heavy atom. The fourth-order valence-electron chi connectivity index (χ4n) is 2.15. The zero-order valence-electron chi connectivity index (χ0n) is 14.4. The first kappa shape index (κ1) is 21.2. The van der Waals surface area contributed by atoms with E-state index in [1.807, 2.05) is 6.08 Å². The number of rotatable bonds is 14. The number of unbranched alkanes of at least 4 members (excludes halogenated alkanes) is 8. The molecule has 0 unspecified atom stereocenters. The first-order valence-corrected chi connectivity index (χ1v) is 8.78. The summed E-state index contributed by atoms with van der Waals surface area (Å²) in [6.45, 7) is 2.24. The van der Waals surface area contributed by atoms with Crippen molar-refractivity contribution in [2.24, 2.45) is 0 Å². The summed E-state index contributed by atoms with van der Waals surface area (Å²) in [5.41, 5.74) is 0. The fraction of sp³-hybridized carbons (Fsp3) is 0.550. The van der Waals surface area contributed by atoms with Crippen LogP contribution < -0.4 is 0 Å². The molecule has 0 atom stereocenters. The quantitative estimate of drug-likeness (QED) is 0.176. The molecular formula is C20H32O3. The van der Waals surface area contributed by atoms with Crippen molar-refractivity contribution in [1.82, 2.24) is 0 Å². The first-order chi connectivity index (χ1) is 11.2. The van der Waals surface area contributed by atoms with Gasteiger partial charge in [0, 0.05) is 6.08 Å². The average molecular weight is 320 g/mol. The zero-order chi connectivity index (χ0) is 17.2. The van der Waals surface area contributed by atoms with Gasteiger partial charge in [0.2, 0.25) is 0 Å². The van der Waals surface area contributed by atoms with E-state index in [1.54, 1.807) is 30.4 Å². The number of carboxylic acids is 1. The number of aliphatic hydroxyl groups excluding tert-OH is 1. The molecule has 0 saturated carbocycles. The molecule has 2 N–H and O–H groups in total. The van der Waals surface area contributed by atoms with Gasteiger partial charge in [-0.15, -0.1) is 0 Å². The lowest BCUT2D eigenvalue weighted by molar-refractivity contribution is -0.131. The second kappa shape index (κ2) is 16.6. The van der Waals surface area contributed by atoms with Crippen LogP contribution in [0.2, 0.25) is 0 Å². The van der Waals surface area contributed by atoms with Crippen molar-refractivity contribution in [3.8, 4) is 0 Å². The summed E-state index contributed by atoms with van der Waals surface area (Å²) in [6, 6.07) is 0. The molecule has 0 aromatic heterocycles. The molecule has 0 rings (SSSR count). The second-order valence-electron chi connectivity index (χ2n) is 5.66. The Kier molecular flexibility index (Phi) is 15.3. The normalized spacial score (nSPS) is 12.8. The predicted octanol–water partition coefficient (Wildman–Crippen LogP) is 6.10. The van der Waals surface area contributed by atoms with E-state index in [4.69, 9.17) is 5.11 Å². The summed E-state index contributed by atoms with van der Waals surface area (Å²) in [5, 5.41) is 18.0. The fourth-order valence-corrected chi connectivity index (χ4v) is 2.15. The van der Waals surface area contributed by atoms with Crippen LogP contribution in [0.15, 0.2) is 48.3 Å². The third-order valence-electron chi connectivity index (χ3n) is 3.45. The monoisotopic (exact) mass is 320 g/mol. The maximum absolute atomic E-state index is 10.2. The topological polar surface area (TPSA) is 57.5 Å². The molecule has 0 aliphatic carbocycles. The number of hydrogen-bond acceptors (Lipinski definition) is 2. The Morgan fingerprint density at radius 2 is 1.48 bits per heavy atom. The Bertz CT molecular complexity index is 403. The highest BCUT2D eigenvalue weighted by atomic mass is 16.4. The van der Waals surface area contributed by atoms with Crippen LogP contribution in [0.4, 0.5) is 0 Å². The van der Waals surface area contributed by atoms with Crippen LogP contribution in [-0.2, 0) is 4.79 Å². The van der Waals surface area contributed by atoms with Gasteiger partial charge < -0.3 is 10.2 Å². The molecule has 130 valence electrons. The Balaban J connectivity index is 3.60. The number of allylic oxidation sites excluding steroid dienone is 6. The molecule has 3 nitrogen and oxygen atoms in total. The van der Waals surface area contributed by atoms with Crippen molar-refractivity contribution >= 4 is 5.97 Å². The van der Waals surface area contributed by atoms with Crippen LogP contribution in [0, 0.1) is 0 Å². The van der Waals surface area contributed by atoms with Gasteiger partial charge in [-0.3, -0.25) is 0 Å². The maximum atomic E-state index is 10.2. The molecule has 0 aromatic rings. The van der Waals surface area contributed by atoms with Gasteiger partial charge in [-0.05, 0) is 31.4 Å². The van der Waals surface area contributed by atoms with E-state index < -0.39 is 5.97 Å². The molecule has 0 amide bonds. The molecule has 23 heavy (non-hydrogen) atoms. The minimum Gasteiger partial charge on any atom is -0.508 e. The van der Waals surface area contributed by atoms with Gasteiger partial charge in [-0.1, -0.05) is 76.2 Å². The average Bonchev–Trinajstić information content (AvgIpc) is 2.52. The highest BCUT2D eigenvalue weighted by molar-refractivity contribution is 5.79. The smallest absolute Gasteiger partial charge is 0.327 e. The minimum absolute atomic E-state index is 0.225. The molecular weight excluding hydrogens is 288 g/mol. The lowest BCUT2D eigenvalue weighted by Crippen LogP contribution is -1.84. The highest BCUT2D eigenvalue weighted by Gasteiger charge is 1.90. The van der Waals surface area contributed by atoms with Crippen molar-refractivity contribution in [3.05, 3.63) is 48.3 Å². The Morgan fingerprint density at radius 3 is 2.13 bits per heavy atom. The van der Waals surface area contributed by atoms with Crippen molar-refractivity contribution in [1.29, 1.82) is 0 Å². The van der Waals surface area contributed by atoms with E-state index in [-0.39, 0.29) is 5.76 Å². The number of aliphatic carboxylic acids is 1. The first-order valence-electron chi connectivity index (χ1n) is 8.78. The van der Waals surface area contributed by atoms with E-state index >= 15 is 0 Å². The van der Waals surface area contributed by atoms with E-state index in [0.29, 0.717) is 6.42 Å². The van der Waals surface area contributed by atoms with Gasteiger partial charge in [0.25, 0.3) is 0 Å². The van der Waals surface area contributed by atoms with Crippen LogP contribution in [-0.4, -0.2) is 16.2 Å². The molecule has 0 spiro atoms. The van der Waals surface area contributed by atoms with Crippen molar-refractivity contribution in [2.75, 3.05) is 0 Å². The maximum Gasteiger partial charge on any atom is 0.327 e. The second-order valence-corrected chi connectivity index (χ2v) is 5.66. The van der Waals surface area contributed by atoms with Crippen molar-refractivity contribution in [3.63, 3.8) is 0 Å². The lowest BCUT2D eigenvalue weighted by atomic mass is 10.1. The summed E-state index contributed by atoms with van der Waals surface area (Å²) in [4.78, 5) is 10.2. The number of aliphatic hydroxyl groups is 1. The van der Waals surface area contributed by atoms with Crippen LogP contribution in [0.1, 0.15) is 71.1 Å². The van der Waals surface area contributed by atoms with Gasteiger partial charge >= 0.3 is 5.97 Å².